The van der Waals surface area contributed by atoms with E-state index in [9.17, 15) is 36.6 Å². The van der Waals surface area contributed by atoms with Gasteiger partial charge in [-0.25, -0.2) is 4.98 Å². The molecule has 0 bridgehead atoms. The lowest BCUT2D eigenvalue weighted by Gasteiger charge is -2.12. The summed E-state index contributed by atoms with van der Waals surface area (Å²) in [5, 5.41) is 19.0. The highest BCUT2D eigenvalue weighted by atomic mass is 19.4. The number of rotatable bonds is 2. The summed E-state index contributed by atoms with van der Waals surface area (Å²) in [7, 11) is 0. The summed E-state index contributed by atoms with van der Waals surface area (Å²) in [6, 6.07) is 4.94. The van der Waals surface area contributed by atoms with Gasteiger partial charge in [0.05, 0.1) is 11.3 Å². The zero-order valence-electron chi connectivity index (χ0n) is 12.6. The molecular formula is C16H11F6NO2. The number of benzene rings is 1. The molecule has 0 fully saturated rings. The summed E-state index contributed by atoms with van der Waals surface area (Å²) in [6.07, 6.45) is -9.43. The molecular weight excluding hydrogens is 352 g/mol. The van der Waals surface area contributed by atoms with Gasteiger partial charge in [-0.1, -0.05) is 12.1 Å². The van der Waals surface area contributed by atoms with Crippen LogP contribution in [0.15, 0.2) is 42.2 Å². The van der Waals surface area contributed by atoms with Crippen molar-refractivity contribution < 1.29 is 36.6 Å². The smallest absolute Gasteiger partial charge is 0.433 e. The Labute approximate surface area is 137 Å². The first-order valence-corrected chi connectivity index (χ1v) is 6.75. The number of hydrogen-bond acceptors (Lipinski definition) is 3. The summed E-state index contributed by atoms with van der Waals surface area (Å²) in [5.74, 6) is -1.40. The van der Waals surface area contributed by atoms with Gasteiger partial charge in [0.15, 0.2) is 5.76 Å². The Hall–Kier alpha value is -2.71. The Morgan fingerprint density at radius 2 is 1.44 bits per heavy atom. The molecule has 134 valence electrons. The fraction of sp³-hybridized carbons (Fsp3) is 0.188. The average molecular weight is 363 g/mol. The summed E-state index contributed by atoms with van der Waals surface area (Å²) in [6.45, 7) is 1.07. The molecule has 3 nitrogen and oxygen atoms in total. The molecule has 0 amide bonds. The van der Waals surface area contributed by atoms with E-state index in [4.69, 9.17) is 0 Å². The second-order valence-electron chi connectivity index (χ2n) is 5.13. The van der Waals surface area contributed by atoms with Crippen molar-refractivity contribution in [1.82, 2.24) is 4.98 Å². The standard InChI is InChI=1S/C16H11F6NO2/c1-8(24)14(25)10-6-12(23-13(7-10)16(20,21)22)9-2-4-11(5-3-9)15(17,18)19/h2-7,24-25H,1H3/b14-8+. The van der Waals surface area contributed by atoms with Crippen molar-refractivity contribution in [1.29, 1.82) is 0 Å². The third-order valence-corrected chi connectivity index (χ3v) is 3.24. The summed E-state index contributed by atoms with van der Waals surface area (Å²) < 4.78 is 76.6. The van der Waals surface area contributed by atoms with Gasteiger partial charge in [-0.15, -0.1) is 0 Å². The predicted octanol–water partition coefficient (Wildman–Crippen LogP) is 5.59. The molecule has 1 aromatic carbocycles. The minimum absolute atomic E-state index is 0.0104. The third-order valence-electron chi connectivity index (χ3n) is 3.24. The van der Waals surface area contributed by atoms with E-state index in [0.717, 1.165) is 25.1 Å². The van der Waals surface area contributed by atoms with Gasteiger partial charge in [-0.05, 0) is 31.2 Å². The Balaban J connectivity index is 2.61. The molecule has 2 N–H and O–H groups in total. The van der Waals surface area contributed by atoms with Crippen LogP contribution in [0.5, 0.6) is 0 Å². The molecule has 2 aromatic rings. The number of hydrogen-bond donors (Lipinski definition) is 2. The van der Waals surface area contributed by atoms with Crippen LogP contribution in [0.1, 0.15) is 23.7 Å². The Morgan fingerprint density at radius 1 is 0.880 bits per heavy atom. The molecule has 0 aliphatic rings. The molecule has 0 aliphatic carbocycles. The van der Waals surface area contributed by atoms with Gasteiger partial charge >= 0.3 is 12.4 Å². The Kier molecular flexibility index (Phi) is 4.70. The Morgan fingerprint density at radius 3 is 1.88 bits per heavy atom. The SMILES string of the molecule is C/C(O)=C(\O)c1cc(-c2ccc(C(F)(F)F)cc2)nc(C(F)(F)F)c1. The maximum Gasteiger partial charge on any atom is 0.433 e. The molecule has 25 heavy (non-hydrogen) atoms. The zero-order chi connectivity index (χ0) is 19.0. The molecule has 0 saturated carbocycles. The molecule has 0 saturated heterocycles. The van der Waals surface area contributed by atoms with Gasteiger partial charge in [0.1, 0.15) is 11.5 Å². The summed E-state index contributed by atoms with van der Waals surface area (Å²) >= 11 is 0. The number of halogens is 6. The minimum Gasteiger partial charge on any atom is -0.509 e. The number of allylic oxidation sites excluding steroid dienone is 1. The van der Waals surface area contributed by atoms with E-state index in [1.165, 1.54) is 0 Å². The van der Waals surface area contributed by atoms with E-state index in [2.05, 4.69) is 4.98 Å². The molecule has 0 aliphatic heterocycles. The van der Waals surface area contributed by atoms with E-state index in [0.29, 0.717) is 18.2 Å². The fourth-order valence-electron chi connectivity index (χ4n) is 2.00. The van der Waals surface area contributed by atoms with Crippen LogP contribution in [0.2, 0.25) is 0 Å². The normalized spacial score (nSPS) is 13.6. The van der Waals surface area contributed by atoms with Gasteiger partial charge in [0.2, 0.25) is 0 Å². The Bertz CT molecular complexity index is 803. The largest absolute Gasteiger partial charge is 0.509 e. The van der Waals surface area contributed by atoms with E-state index in [-0.39, 0.29) is 16.8 Å². The lowest BCUT2D eigenvalue weighted by atomic mass is 10.0. The lowest BCUT2D eigenvalue weighted by molar-refractivity contribution is -0.141. The van der Waals surface area contributed by atoms with Gasteiger partial charge in [0, 0.05) is 11.1 Å². The van der Waals surface area contributed by atoms with Crippen LogP contribution in [0.4, 0.5) is 26.3 Å². The minimum atomic E-state index is -4.85. The molecule has 0 atom stereocenters. The van der Waals surface area contributed by atoms with Gasteiger partial charge in [-0.3, -0.25) is 0 Å². The first-order chi connectivity index (χ1) is 11.4. The first-order valence-electron chi connectivity index (χ1n) is 6.75. The highest BCUT2D eigenvalue weighted by molar-refractivity contribution is 5.68. The predicted molar refractivity (Wildman–Crippen MR) is 77.5 cm³/mol. The van der Waals surface area contributed by atoms with Crippen LogP contribution < -0.4 is 0 Å². The monoisotopic (exact) mass is 363 g/mol. The molecule has 0 unspecified atom stereocenters. The average Bonchev–Trinajstić information content (AvgIpc) is 2.52. The van der Waals surface area contributed by atoms with Crippen LogP contribution in [-0.4, -0.2) is 15.2 Å². The van der Waals surface area contributed by atoms with Crippen LogP contribution >= 0.6 is 0 Å². The number of alkyl halides is 6. The van der Waals surface area contributed by atoms with Crippen LogP contribution in [0, 0.1) is 0 Å². The molecule has 1 aromatic heterocycles. The molecule has 1 heterocycles. The van der Waals surface area contributed by atoms with Crippen molar-refractivity contribution in [3.05, 3.63) is 59.0 Å². The van der Waals surface area contributed by atoms with Crippen molar-refractivity contribution in [3.8, 4) is 11.3 Å². The van der Waals surface area contributed by atoms with Crippen molar-refractivity contribution in [2.45, 2.75) is 19.3 Å². The first kappa shape index (κ1) is 18.6. The molecule has 0 spiro atoms. The van der Waals surface area contributed by atoms with Gasteiger partial charge < -0.3 is 10.2 Å². The van der Waals surface area contributed by atoms with Crippen molar-refractivity contribution >= 4 is 5.76 Å². The topological polar surface area (TPSA) is 53.4 Å². The van der Waals surface area contributed by atoms with Gasteiger partial charge in [-0.2, -0.15) is 26.3 Å². The fourth-order valence-corrected chi connectivity index (χ4v) is 2.00. The highest BCUT2D eigenvalue weighted by Crippen LogP contribution is 2.34. The van der Waals surface area contributed by atoms with Gasteiger partial charge in [0.25, 0.3) is 0 Å². The van der Waals surface area contributed by atoms with Crippen LogP contribution in [0.3, 0.4) is 0 Å². The van der Waals surface area contributed by atoms with E-state index < -0.39 is 35.1 Å². The number of aliphatic hydroxyl groups excluding tert-OH is 2. The van der Waals surface area contributed by atoms with Crippen LogP contribution in [-0.2, 0) is 12.4 Å². The van der Waals surface area contributed by atoms with Crippen LogP contribution in [0.25, 0.3) is 17.0 Å². The zero-order valence-corrected chi connectivity index (χ0v) is 12.6. The van der Waals surface area contributed by atoms with E-state index >= 15 is 0 Å². The molecule has 9 heteroatoms. The maximum atomic E-state index is 13.0. The summed E-state index contributed by atoms with van der Waals surface area (Å²) in [4.78, 5) is 3.39. The lowest BCUT2D eigenvalue weighted by Crippen LogP contribution is -2.10. The van der Waals surface area contributed by atoms with E-state index in [1.54, 1.807) is 0 Å². The second kappa shape index (κ2) is 6.30. The second-order valence-corrected chi connectivity index (χ2v) is 5.13. The number of aliphatic hydroxyl groups is 2. The maximum absolute atomic E-state index is 13.0. The number of aromatic nitrogens is 1. The van der Waals surface area contributed by atoms with Crippen molar-refractivity contribution in [3.63, 3.8) is 0 Å². The number of pyridine rings is 1. The number of nitrogens with zero attached hydrogens (tertiary/aromatic N) is 1. The molecule has 0 radical (unpaired) electrons. The quantitative estimate of drug-likeness (QED) is 0.540. The van der Waals surface area contributed by atoms with Crippen molar-refractivity contribution in [2.75, 3.05) is 0 Å². The molecule has 2 rings (SSSR count). The highest BCUT2D eigenvalue weighted by Gasteiger charge is 2.34. The van der Waals surface area contributed by atoms with E-state index in [1.807, 2.05) is 0 Å². The third kappa shape index (κ3) is 4.23. The summed E-state index contributed by atoms with van der Waals surface area (Å²) in [5.41, 5.74) is -2.99. The van der Waals surface area contributed by atoms with Crippen molar-refractivity contribution in [2.24, 2.45) is 0 Å².